The van der Waals surface area contributed by atoms with Gasteiger partial charge in [0.2, 0.25) is 0 Å². The van der Waals surface area contributed by atoms with Gasteiger partial charge in [-0.25, -0.2) is 0 Å². The summed E-state index contributed by atoms with van der Waals surface area (Å²) in [6.45, 7) is 5.95. The second-order valence-electron chi connectivity index (χ2n) is 6.26. The number of fused-ring (bicyclic) bond motifs is 1. The van der Waals surface area contributed by atoms with E-state index in [1.807, 2.05) is 6.20 Å². The first-order chi connectivity index (χ1) is 9.85. The van der Waals surface area contributed by atoms with Crippen LogP contribution >= 0.6 is 0 Å². The standard InChI is InChI=1S/C18H26N2/c1-2-3-4-15-8-11-20(12-9-15)14-16-5-6-17-7-10-19-18(17)13-16/h5-7,10,13,15,19H,2-4,8-9,11-12,14H2,1H3. The summed E-state index contributed by atoms with van der Waals surface area (Å²) in [6.07, 6.45) is 9.01. The highest BCUT2D eigenvalue weighted by Gasteiger charge is 2.18. The van der Waals surface area contributed by atoms with Crippen molar-refractivity contribution in [2.45, 2.75) is 45.6 Å². The molecule has 1 N–H and O–H groups in total. The highest BCUT2D eigenvalue weighted by atomic mass is 15.1. The van der Waals surface area contributed by atoms with Gasteiger partial charge in [-0.2, -0.15) is 0 Å². The van der Waals surface area contributed by atoms with E-state index in [1.54, 1.807) is 0 Å². The summed E-state index contributed by atoms with van der Waals surface area (Å²) in [4.78, 5) is 5.93. The summed E-state index contributed by atoms with van der Waals surface area (Å²) in [5.41, 5.74) is 2.70. The molecule has 2 aromatic rings. The molecule has 0 bridgehead atoms. The molecule has 1 saturated heterocycles. The predicted molar refractivity (Wildman–Crippen MR) is 85.8 cm³/mol. The zero-order valence-electron chi connectivity index (χ0n) is 12.6. The van der Waals surface area contributed by atoms with Crippen LogP contribution in [0.4, 0.5) is 0 Å². The van der Waals surface area contributed by atoms with Crippen molar-refractivity contribution in [2.24, 2.45) is 5.92 Å². The van der Waals surface area contributed by atoms with Crippen molar-refractivity contribution in [2.75, 3.05) is 13.1 Å². The van der Waals surface area contributed by atoms with E-state index >= 15 is 0 Å². The molecule has 0 atom stereocenters. The smallest absolute Gasteiger partial charge is 0.0457 e. The minimum absolute atomic E-state index is 0.983. The van der Waals surface area contributed by atoms with Crippen LogP contribution in [0.1, 0.15) is 44.6 Å². The van der Waals surface area contributed by atoms with E-state index < -0.39 is 0 Å². The Balaban J connectivity index is 1.53. The predicted octanol–water partition coefficient (Wildman–Crippen LogP) is 4.57. The number of hydrogen-bond acceptors (Lipinski definition) is 1. The Morgan fingerprint density at radius 3 is 2.85 bits per heavy atom. The molecule has 1 aliphatic rings. The van der Waals surface area contributed by atoms with Crippen molar-refractivity contribution < 1.29 is 0 Å². The second-order valence-corrected chi connectivity index (χ2v) is 6.26. The summed E-state index contributed by atoms with van der Waals surface area (Å²) < 4.78 is 0. The van der Waals surface area contributed by atoms with Crippen molar-refractivity contribution in [3.05, 3.63) is 36.0 Å². The number of nitrogens with one attached hydrogen (secondary N) is 1. The number of rotatable bonds is 5. The summed E-state index contributed by atoms with van der Waals surface area (Å²) in [7, 11) is 0. The molecule has 1 aliphatic heterocycles. The molecule has 0 amide bonds. The van der Waals surface area contributed by atoms with Crippen LogP contribution in [-0.4, -0.2) is 23.0 Å². The SMILES string of the molecule is CCCCC1CCN(Cc2ccc3cc[nH]c3c2)CC1. The third-order valence-electron chi connectivity index (χ3n) is 4.70. The van der Waals surface area contributed by atoms with E-state index in [0.29, 0.717) is 0 Å². The Labute approximate surface area is 122 Å². The van der Waals surface area contributed by atoms with Gasteiger partial charge in [-0.05, 0) is 54.9 Å². The van der Waals surface area contributed by atoms with Gasteiger partial charge in [-0.15, -0.1) is 0 Å². The van der Waals surface area contributed by atoms with Gasteiger partial charge in [-0.1, -0.05) is 38.3 Å². The number of aromatic nitrogens is 1. The lowest BCUT2D eigenvalue weighted by atomic mass is 9.91. The first-order valence-electron chi connectivity index (χ1n) is 8.13. The molecular weight excluding hydrogens is 244 g/mol. The van der Waals surface area contributed by atoms with Crippen molar-refractivity contribution in [1.29, 1.82) is 0 Å². The fraction of sp³-hybridized carbons (Fsp3) is 0.556. The molecular formula is C18H26N2. The van der Waals surface area contributed by atoms with Crippen LogP contribution in [-0.2, 0) is 6.54 Å². The molecule has 0 unspecified atom stereocenters. The molecule has 1 aromatic heterocycles. The van der Waals surface area contributed by atoms with Gasteiger partial charge in [0.05, 0.1) is 0 Å². The van der Waals surface area contributed by atoms with E-state index in [0.717, 1.165) is 12.5 Å². The molecule has 2 heterocycles. The summed E-state index contributed by atoms with van der Waals surface area (Å²) in [5, 5.41) is 1.31. The Morgan fingerprint density at radius 1 is 1.20 bits per heavy atom. The van der Waals surface area contributed by atoms with Crippen LogP contribution in [0.3, 0.4) is 0 Å². The van der Waals surface area contributed by atoms with E-state index in [-0.39, 0.29) is 0 Å². The normalized spacial score (nSPS) is 17.9. The number of benzene rings is 1. The number of unbranched alkanes of at least 4 members (excludes halogenated alkanes) is 1. The van der Waals surface area contributed by atoms with Gasteiger partial charge in [0.15, 0.2) is 0 Å². The Morgan fingerprint density at radius 2 is 2.05 bits per heavy atom. The van der Waals surface area contributed by atoms with Gasteiger partial charge in [-0.3, -0.25) is 4.90 Å². The molecule has 3 rings (SSSR count). The van der Waals surface area contributed by atoms with Crippen molar-refractivity contribution in [3.63, 3.8) is 0 Å². The van der Waals surface area contributed by atoms with E-state index in [4.69, 9.17) is 0 Å². The lowest BCUT2D eigenvalue weighted by Crippen LogP contribution is -2.33. The number of hydrogen-bond donors (Lipinski definition) is 1. The van der Waals surface area contributed by atoms with Gasteiger partial charge < -0.3 is 4.98 Å². The second kappa shape index (κ2) is 6.45. The topological polar surface area (TPSA) is 19.0 Å². The highest BCUT2D eigenvalue weighted by molar-refractivity contribution is 5.79. The fourth-order valence-corrected chi connectivity index (χ4v) is 3.38. The third kappa shape index (κ3) is 3.24. The van der Waals surface area contributed by atoms with Crippen LogP contribution in [0.25, 0.3) is 10.9 Å². The Kier molecular flexibility index (Phi) is 4.41. The number of nitrogens with zero attached hydrogens (tertiary/aromatic N) is 1. The van der Waals surface area contributed by atoms with E-state index in [1.165, 1.54) is 61.7 Å². The molecule has 108 valence electrons. The van der Waals surface area contributed by atoms with Gasteiger partial charge in [0, 0.05) is 18.3 Å². The highest BCUT2D eigenvalue weighted by Crippen LogP contribution is 2.24. The van der Waals surface area contributed by atoms with Crippen molar-refractivity contribution >= 4 is 10.9 Å². The summed E-state index contributed by atoms with van der Waals surface area (Å²) in [5.74, 6) is 0.983. The van der Waals surface area contributed by atoms with Crippen LogP contribution in [0.2, 0.25) is 0 Å². The molecule has 0 spiro atoms. The van der Waals surface area contributed by atoms with E-state index in [9.17, 15) is 0 Å². The maximum absolute atomic E-state index is 3.31. The molecule has 1 fully saturated rings. The lowest BCUT2D eigenvalue weighted by molar-refractivity contribution is 0.171. The summed E-state index contributed by atoms with van der Waals surface area (Å²) >= 11 is 0. The van der Waals surface area contributed by atoms with Gasteiger partial charge in [0.25, 0.3) is 0 Å². The quantitative estimate of drug-likeness (QED) is 0.843. The average Bonchev–Trinajstić information content (AvgIpc) is 2.94. The molecule has 0 saturated carbocycles. The average molecular weight is 270 g/mol. The number of likely N-dealkylation sites (tertiary alicyclic amines) is 1. The lowest BCUT2D eigenvalue weighted by Gasteiger charge is -2.32. The first kappa shape index (κ1) is 13.7. The maximum Gasteiger partial charge on any atom is 0.0457 e. The number of H-pyrrole nitrogens is 1. The molecule has 20 heavy (non-hydrogen) atoms. The molecule has 0 aliphatic carbocycles. The van der Waals surface area contributed by atoms with Gasteiger partial charge in [0.1, 0.15) is 0 Å². The zero-order valence-corrected chi connectivity index (χ0v) is 12.6. The zero-order chi connectivity index (χ0) is 13.8. The first-order valence-corrected chi connectivity index (χ1v) is 8.13. The van der Waals surface area contributed by atoms with Gasteiger partial charge >= 0.3 is 0 Å². The molecule has 2 heteroatoms. The van der Waals surface area contributed by atoms with Crippen LogP contribution < -0.4 is 0 Å². The van der Waals surface area contributed by atoms with E-state index in [2.05, 4.69) is 41.1 Å². The Hall–Kier alpha value is -1.28. The van der Waals surface area contributed by atoms with Crippen LogP contribution in [0.5, 0.6) is 0 Å². The monoisotopic (exact) mass is 270 g/mol. The molecule has 2 nitrogen and oxygen atoms in total. The molecule has 1 aromatic carbocycles. The maximum atomic E-state index is 3.31. The van der Waals surface area contributed by atoms with Crippen molar-refractivity contribution in [1.82, 2.24) is 9.88 Å². The third-order valence-corrected chi connectivity index (χ3v) is 4.70. The van der Waals surface area contributed by atoms with Crippen LogP contribution in [0, 0.1) is 5.92 Å². The minimum atomic E-state index is 0.983. The Bertz CT molecular complexity index is 535. The van der Waals surface area contributed by atoms with Crippen LogP contribution in [0.15, 0.2) is 30.5 Å². The fourth-order valence-electron chi connectivity index (χ4n) is 3.38. The molecule has 0 radical (unpaired) electrons. The van der Waals surface area contributed by atoms with Crippen molar-refractivity contribution in [3.8, 4) is 0 Å². The number of piperidine rings is 1. The number of aromatic amines is 1. The summed E-state index contributed by atoms with van der Waals surface area (Å²) in [6, 6.07) is 8.95. The largest absolute Gasteiger partial charge is 0.361 e. The minimum Gasteiger partial charge on any atom is -0.361 e.